The van der Waals surface area contributed by atoms with E-state index in [0.29, 0.717) is 24.4 Å². The molecule has 0 spiro atoms. The molecule has 0 bridgehead atoms. The summed E-state index contributed by atoms with van der Waals surface area (Å²) < 4.78 is 40.2. The van der Waals surface area contributed by atoms with Gasteiger partial charge in [-0.1, -0.05) is 50.2 Å². The highest BCUT2D eigenvalue weighted by Gasteiger charge is 2.34. The number of carbonyl (C=O) groups excluding carboxylic acids is 2. The second kappa shape index (κ2) is 14.7. The summed E-state index contributed by atoms with van der Waals surface area (Å²) in [7, 11) is -1.37. The Balaban J connectivity index is 2.12. The standard InChI is InChI=1S/C32H41N3O6S/c1-7-16-33-32(37)28(8-2)34(21-25-12-10-9-11-13-25)31(36)22-35(26-18-23(3)17-24(4)19-26)42(38,39)27-14-15-29(40-5)30(20-27)41-6/h9-15,17-20,28H,7-8,16,21-22H2,1-6H3,(H,33,37)/t28-/m1/s1. The largest absolute Gasteiger partial charge is 0.493 e. The molecule has 226 valence electrons. The van der Waals surface area contributed by atoms with E-state index in [1.165, 1.54) is 37.3 Å². The maximum absolute atomic E-state index is 14.2. The zero-order chi connectivity index (χ0) is 30.9. The van der Waals surface area contributed by atoms with Crippen molar-refractivity contribution in [2.75, 3.05) is 31.6 Å². The maximum atomic E-state index is 14.2. The number of ether oxygens (including phenoxy) is 2. The summed E-state index contributed by atoms with van der Waals surface area (Å²) >= 11 is 0. The fourth-order valence-corrected chi connectivity index (χ4v) is 6.21. The number of aryl methyl sites for hydroxylation is 2. The third kappa shape index (κ3) is 7.82. The highest BCUT2D eigenvalue weighted by Crippen LogP contribution is 2.33. The van der Waals surface area contributed by atoms with Gasteiger partial charge < -0.3 is 19.7 Å². The summed E-state index contributed by atoms with van der Waals surface area (Å²) in [6.07, 6.45) is 1.11. The lowest BCUT2D eigenvalue weighted by molar-refractivity contribution is -0.140. The molecule has 0 saturated heterocycles. The van der Waals surface area contributed by atoms with E-state index in [9.17, 15) is 18.0 Å². The van der Waals surface area contributed by atoms with Crippen molar-refractivity contribution in [3.8, 4) is 11.5 Å². The lowest BCUT2D eigenvalue weighted by Gasteiger charge is -2.33. The molecule has 1 atom stereocenters. The van der Waals surface area contributed by atoms with Crippen LogP contribution in [0.25, 0.3) is 0 Å². The molecule has 0 aliphatic rings. The Morgan fingerprint density at radius 1 is 0.881 bits per heavy atom. The van der Waals surface area contributed by atoms with E-state index in [2.05, 4.69) is 5.32 Å². The van der Waals surface area contributed by atoms with Crippen LogP contribution < -0.4 is 19.1 Å². The summed E-state index contributed by atoms with van der Waals surface area (Å²) in [6.45, 7) is 7.64. The van der Waals surface area contributed by atoms with Gasteiger partial charge >= 0.3 is 0 Å². The number of hydrogen-bond acceptors (Lipinski definition) is 6. The van der Waals surface area contributed by atoms with Gasteiger partial charge in [0, 0.05) is 19.2 Å². The van der Waals surface area contributed by atoms with Crippen LogP contribution in [-0.4, -0.2) is 58.5 Å². The fourth-order valence-electron chi connectivity index (χ4n) is 4.79. The number of benzene rings is 3. The van der Waals surface area contributed by atoms with Gasteiger partial charge in [-0.2, -0.15) is 0 Å². The Morgan fingerprint density at radius 2 is 1.52 bits per heavy atom. The number of nitrogens with one attached hydrogen (secondary N) is 1. The van der Waals surface area contributed by atoms with Crippen molar-refractivity contribution >= 4 is 27.5 Å². The minimum atomic E-state index is -4.26. The Labute approximate surface area is 249 Å². The molecule has 0 fully saturated rings. The molecule has 3 aromatic carbocycles. The summed E-state index contributed by atoms with van der Waals surface area (Å²) in [5, 5.41) is 2.89. The van der Waals surface area contributed by atoms with Crippen molar-refractivity contribution in [3.05, 3.63) is 83.4 Å². The van der Waals surface area contributed by atoms with Crippen molar-refractivity contribution in [3.63, 3.8) is 0 Å². The van der Waals surface area contributed by atoms with Crippen LogP contribution in [-0.2, 0) is 26.2 Å². The van der Waals surface area contributed by atoms with Crippen molar-refractivity contribution < 1.29 is 27.5 Å². The Hall–Kier alpha value is -4.05. The maximum Gasteiger partial charge on any atom is 0.264 e. The van der Waals surface area contributed by atoms with E-state index >= 15 is 0 Å². The highest BCUT2D eigenvalue weighted by atomic mass is 32.2. The second-order valence-corrected chi connectivity index (χ2v) is 12.0. The van der Waals surface area contributed by atoms with E-state index < -0.39 is 28.5 Å². The molecule has 3 aromatic rings. The van der Waals surface area contributed by atoms with E-state index in [-0.39, 0.29) is 23.1 Å². The minimum Gasteiger partial charge on any atom is -0.493 e. The lowest BCUT2D eigenvalue weighted by atomic mass is 10.1. The van der Waals surface area contributed by atoms with Crippen LogP contribution in [0.1, 0.15) is 43.4 Å². The van der Waals surface area contributed by atoms with Crippen LogP contribution in [0.2, 0.25) is 0 Å². The lowest BCUT2D eigenvalue weighted by Crippen LogP contribution is -2.52. The molecular weight excluding hydrogens is 554 g/mol. The molecule has 0 heterocycles. The zero-order valence-corrected chi connectivity index (χ0v) is 26.0. The molecule has 42 heavy (non-hydrogen) atoms. The first-order valence-corrected chi connectivity index (χ1v) is 15.4. The molecule has 0 unspecified atom stereocenters. The number of carbonyl (C=O) groups is 2. The van der Waals surface area contributed by atoms with Crippen LogP contribution in [0, 0.1) is 13.8 Å². The summed E-state index contributed by atoms with van der Waals surface area (Å²) in [6, 6.07) is 18.3. The van der Waals surface area contributed by atoms with Crippen LogP contribution in [0.4, 0.5) is 5.69 Å². The molecule has 1 N–H and O–H groups in total. The molecule has 0 aromatic heterocycles. The molecule has 0 radical (unpaired) electrons. The van der Waals surface area contributed by atoms with E-state index in [1.807, 2.05) is 64.1 Å². The number of nitrogens with zero attached hydrogens (tertiary/aromatic N) is 2. The minimum absolute atomic E-state index is 0.0607. The predicted molar refractivity (Wildman–Crippen MR) is 164 cm³/mol. The van der Waals surface area contributed by atoms with E-state index in [4.69, 9.17) is 9.47 Å². The molecule has 9 nitrogen and oxygen atoms in total. The quantitative estimate of drug-likeness (QED) is 0.286. The SMILES string of the molecule is CCCNC(=O)[C@@H](CC)N(Cc1ccccc1)C(=O)CN(c1cc(C)cc(C)c1)S(=O)(=O)c1ccc(OC)c(OC)c1. The van der Waals surface area contributed by atoms with Gasteiger partial charge in [0.2, 0.25) is 11.8 Å². The van der Waals surface area contributed by atoms with Crippen molar-refractivity contribution in [1.82, 2.24) is 10.2 Å². The van der Waals surface area contributed by atoms with Crippen LogP contribution >= 0.6 is 0 Å². The molecule has 0 saturated carbocycles. The summed E-state index contributed by atoms with van der Waals surface area (Å²) in [5.74, 6) is -0.150. The topological polar surface area (TPSA) is 105 Å². The average Bonchev–Trinajstić information content (AvgIpc) is 2.97. The van der Waals surface area contributed by atoms with Gasteiger partial charge in [-0.25, -0.2) is 8.42 Å². The number of sulfonamides is 1. The number of hydrogen-bond donors (Lipinski definition) is 1. The van der Waals surface area contributed by atoms with E-state index in [1.54, 1.807) is 12.1 Å². The Morgan fingerprint density at radius 3 is 2.10 bits per heavy atom. The van der Waals surface area contributed by atoms with Crippen LogP contribution in [0.5, 0.6) is 11.5 Å². The normalized spacial score (nSPS) is 11.9. The highest BCUT2D eigenvalue weighted by molar-refractivity contribution is 7.92. The molecule has 0 aliphatic heterocycles. The number of anilines is 1. The first-order chi connectivity index (χ1) is 20.0. The third-order valence-corrected chi connectivity index (χ3v) is 8.62. The first-order valence-electron chi connectivity index (χ1n) is 14.0. The number of methoxy groups -OCH3 is 2. The Bertz CT molecular complexity index is 1460. The molecule has 10 heteroatoms. The number of rotatable bonds is 14. The molecule has 2 amide bonds. The van der Waals surface area contributed by atoms with Gasteiger partial charge in [-0.15, -0.1) is 0 Å². The summed E-state index contributed by atoms with van der Waals surface area (Å²) in [5.41, 5.74) is 2.86. The van der Waals surface area contributed by atoms with Gasteiger partial charge in [0.05, 0.1) is 24.8 Å². The van der Waals surface area contributed by atoms with Gasteiger partial charge in [0.1, 0.15) is 12.6 Å². The summed E-state index contributed by atoms with van der Waals surface area (Å²) in [4.78, 5) is 28.8. The second-order valence-electron chi connectivity index (χ2n) is 10.1. The van der Waals surface area contributed by atoms with Crippen molar-refractivity contribution in [2.24, 2.45) is 0 Å². The Kier molecular flexibility index (Phi) is 11.4. The smallest absolute Gasteiger partial charge is 0.264 e. The van der Waals surface area contributed by atoms with Crippen molar-refractivity contribution in [1.29, 1.82) is 0 Å². The van der Waals surface area contributed by atoms with Gasteiger partial charge in [-0.3, -0.25) is 13.9 Å². The van der Waals surface area contributed by atoms with Gasteiger partial charge in [-0.05, 0) is 67.6 Å². The molecule has 3 rings (SSSR count). The fraction of sp³-hybridized carbons (Fsp3) is 0.375. The van der Waals surface area contributed by atoms with Crippen LogP contribution in [0.15, 0.2) is 71.6 Å². The molecular formula is C32H41N3O6S. The van der Waals surface area contributed by atoms with Gasteiger partial charge in [0.25, 0.3) is 10.0 Å². The van der Waals surface area contributed by atoms with Crippen molar-refractivity contribution in [2.45, 2.75) is 58.0 Å². The van der Waals surface area contributed by atoms with Crippen LogP contribution in [0.3, 0.4) is 0 Å². The van der Waals surface area contributed by atoms with Gasteiger partial charge in [0.15, 0.2) is 11.5 Å². The zero-order valence-electron chi connectivity index (χ0n) is 25.2. The van der Waals surface area contributed by atoms with E-state index in [0.717, 1.165) is 27.4 Å². The average molecular weight is 596 g/mol. The third-order valence-electron chi connectivity index (χ3n) is 6.85. The monoisotopic (exact) mass is 595 g/mol. The number of amides is 2. The predicted octanol–water partition coefficient (Wildman–Crippen LogP) is 4.85. The first kappa shape index (κ1) is 32.5. The molecule has 0 aliphatic carbocycles.